The number of benzene rings is 1. The van der Waals surface area contributed by atoms with Crippen LogP contribution in [0.1, 0.15) is 10.4 Å². The van der Waals surface area contributed by atoms with Gasteiger partial charge in [-0.3, -0.25) is 19.7 Å². The third-order valence-corrected chi connectivity index (χ3v) is 2.67. The lowest BCUT2D eigenvalue weighted by Gasteiger charge is -2.28. The number of imide groups is 1. The van der Waals surface area contributed by atoms with Crippen molar-refractivity contribution in [2.75, 3.05) is 23.7 Å². The molecule has 3 amide bonds. The molecular formula is C11H11FN4O3. The molecule has 100 valence electrons. The van der Waals surface area contributed by atoms with Crippen molar-refractivity contribution in [3.05, 3.63) is 23.5 Å². The largest absolute Gasteiger partial charge is 0.398 e. The van der Waals surface area contributed by atoms with Crippen LogP contribution in [0, 0.1) is 5.82 Å². The summed E-state index contributed by atoms with van der Waals surface area (Å²) in [5, 5.41) is 2.09. The van der Waals surface area contributed by atoms with Crippen molar-refractivity contribution in [3.63, 3.8) is 0 Å². The average Bonchev–Trinajstić information content (AvgIpc) is 2.26. The fourth-order valence-electron chi connectivity index (χ4n) is 1.84. The van der Waals surface area contributed by atoms with Gasteiger partial charge in [0.25, 0.3) is 5.91 Å². The molecule has 1 fully saturated rings. The van der Waals surface area contributed by atoms with E-state index >= 15 is 0 Å². The number of rotatable bonds is 2. The Morgan fingerprint density at radius 2 is 1.84 bits per heavy atom. The molecule has 0 saturated carbocycles. The fourth-order valence-corrected chi connectivity index (χ4v) is 1.84. The molecule has 2 rings (SSSR count). The Balaban J connectivity index is 2.44. The Hall–Kier alpha value is -2.64. The lowest BCUT2D eigenvalue weighted by atomic mass is 10.1. The maximum atomic E-state index is 13.8. The standard InChI is InChI=1S/C11H11FN4O3/c12-6-2-7(13)5(11(14)19)1-8(6)16-3-9(17)15-10(18)4-16/h1-2H,3-4,13H2,(H2,14,19)(H,15,17,18). The van der Waals surface area contributed by atoms with Gasteiger partial charge in [0.1, 0.15) is 5.82 Å². The first-order valence-electron chi connectivity index (χ1n) is 5.35. The van der Waals surface area contributed by atoms with E-state index in [4.69, 9.17) is 11.5 Å². The zero-order valence-electron chi connectivity index (χ0n) is 9.77. The number of primary amides is 1. The molecule has 1 aliphatic heterocycles. The second kappa shape index (κ2) is 4.56. The Kier molecular flexibility index (Phi) is 3.07. The normalized spacial score (nSPS) is 15.3. The Labute approximate surface area is 107 Å². The Morgan fingerprint density at radius 3 is 2.37 bits per heavy atom. The van der Waals surface area contributed by atoms with Gasteiger partial charge < -0.3 is 16.4 Å². The van der Waals surface area contributed by atoms with Crippen LogP contribution in [0.3, 0.4) is 0 Å². The van der Waals surface area contributed by atoms with E-state index in [1.165, 1.54) is 4.90 Å². The number of nitrogen functional groups attached to an aromatic ring is 1. The number of halogens is 1. The van der Waals surface area contributed by atoms with Crippen molar-refractivity contribution in [1.82, 2.24) is 5.32 Å². The summed E-state index contributed by atoms with van der Waals surface area (Å²) < 4.78 is 13.8. The molecule has 8 heteroatoms. The highest BCUT2D eigenvalue weighted by molar-refractivity contribution is 6.03. The number of carbonyl (C=O) groups is 3. The van der Waals surface area contributed by atoms with Crippen molar-refractivity contribution in [2.45, 2.75) is 0 Å². The molecule has 19 heavy (non-hydrogen) atoms. The van der Waals surface area contributed by atoms with E-state index in [9.17, 15) is 18.8 Å². The number of anilines is 2. The zero-order valence-corrected chi connectivity index (χ0v) is 9.77. The van der Waals surface area contributed by atoms with Crippen LogP contribution >= 0.6 is 0 Å². The molecule has 1 aromatic rings. The lowest BCUT2D eigenvalue weighted by Crippen LogP contribution is -2.51. The van der Waals surface area contributed by atoms with E-state index in [1.807, 2.05) is 0 Å². The number of piperazine rings is 1. The number of carbonyl (C=O) groups excluding carboxylic acids is 3. The first-order valence-corrected chi connectivity index (χ1v) is 5.35. The molecule has 0 unspecified atom stereocenters. The number of nitrogens with one attached hydrogen (secondary N) is 1. The third kappa shape index (κ3) is 2.46. The van der Waals surface area contributed by atoms with Crippen molar-refractivity contribution >= 4 is 29.1 Å². The summed E-state index contributed by atoms with van der Waals surface area (Å²) >= 11 is 0. The van der Waals surface area contributed by atoms with Gasteiger partial charge in [-0.1, -0.05) is 0 Å². The molecule has 0 spiro atoms. The predicted molar refractivity (Wildman–Crippen MR) is 64.7 cm³/mol. The van der Waals surface area contributed by atoms with Crippen LogP contribution in [0.5, 0.6) is 0 Å². The molecule has 1 aromatic carbocycles. The molecule has 7 nitrogen and oxygen atoms in total. The molecule has 1 aliphatic rings. The Bertz CT molecular complexity index is 572. The average molecular weight is 266 g/mol. The lowest BCUT2D eigenvalue weighted by molar-refractivity contribution is -0.130. The SMILES string of the molecule is NC(=O)c1cc(N2CC(=O)NC(=O)C2)c(F)cc1N. The van der Waals surface area contributed by atoms with Crippen molar-refractivity contribution in [1.29, 1.82) is 0 Å². The first kappa shape index (κ1) is 12.8. The second-order valence-corrected chi connectivity index (χ2v) is 4.08. The molecule has 0 aromatic heterocycles. The summed E-state index contributed by atoms with van der Waals surface area (Å²) in [5.41, 5.74) is 10.4. The molecule has 1 saturated heterocycles. The number of hydrogen-bond acceptors (Lipinski definition) is 5. The maximum Gasteiger partial charge on any atom is 0.250 e. The van der Waals surface area contributed by atoms with E-state index in [1.54, 1.807) is 0 Å². The summed E-state index contributed by atoms with van der Waals surface area (Å²) in [6.07, 6.45) is 0. The minimum atomic E-state index is -0.813. The number of nitrogens with two attached hydrogens (primary N) is 2. The number of hydrogen-bond donors (Lipinski definition) is 3. The highest BCUT2D eigenvalue weighted by Gasteiger charge is 2.25. The fraction of sp³-hybridized carbons (Fsp3) is 0.182. The van der Waals surface area contributed by atoms with Crippen LogP contribution in [0.15, 0.2) is 12.1 Å². The van der Waals surface area contributed by atoms with Gasteiger partial charge in [0.05, 0.1) is 24.3 Å². The molecule has 0 aliphatic carbocycles. The summed E-state index contributed by atoms with van der Waals surface area (Å²) in [6.45, 7) is -0.379. The molecule has 1 heterocycles. The quantitative estimate of drug-likeness (QED) is 0.467. The molecule has 0 atom stereocenters. The monoisotopic (exact) mass is 266 g/mol. The molecule has 0 bridgehead atoms. The van der Waals surface area contributed by atoms with E-state index < -0.39 is 23.5 Å². The van der Waals surface area contributed by atoms with Gasteiger partial charge in [-0.2, -0.15) is 0 Å². The van der Waals surface area contributed by atoms with Crippen molar-refractivity contribution < 1.29 is 18.8 Å². The predicted octanol–water partition coefficient (Wildman–Crippen LogP) is -1.03. The van der Waals surface area contributed by atoms with Gasteiger partial charge in [0, 0.05) is 5.69 Å². The topological polar surface area (TPSA) is 119 Å². The zero-order chi connectivity index (χ0) is 14.2. The highest BCUT2D eigenvalue weighted by atomic mass is 19.1. The van der Waals surface area contributed by atoms with E-state index in [2.05, 4.69) is 5.32 Å². The van der Waals surface area contributed by atoms with Gasteiger partial charge >= 0.3 is 0 Å². The van der Waals surface area contributed by atoms with Gasteiger partial charge in [0.2, 0.25) is 11.8 Å². The smallest absolute Gasteiger partial charge is 0.250 e. The third-order valence-electron chi connectivity index (χ3n) is 2.67. The minimum Gasteiger partial charge on any atom is -0.398 e. The minimum absolute atomic E-state index is 0.0603. The molecule has 5 N–H and O–H groups in total. The van der Waals surface area contributed by atoms with Crippen LogP contribution in [0.2, 0.25) is 0 Å². The summed E-state index contributed by atoms with van der Waals surface area (Å²) in [6, 6.07) is 2.07. The molecule has 0 radical (unpaired) electrons. The number of amides is 3. The molecular weight excluding hydrogens is 255 g/mol. The second-order valence-electron chi connectivity index (χ2n) is 4.08. The summed E-state index contributed by atoms with van der Waals surface area (Å²) in [4.78, 5) is 34.8. The van der Waals surface area contributed by atoms with E-state index in [0.29, 0.717) is 0 Å². The highest BCUT2D eigenvalue weighted by Crippen LogP contribution is 2.25. The van der Waals surface area contributed by atoms with Crippen LogP contribution in [0.4, 0.5) is 15.8 Å². The summed E-state index contributed by atoms with van der Waals surface area (Å²) in [7, 11) is 0. The van der Waals surface area contributed by atoms with Gasteiger partial charge in [-0.15, -0.1) is 0 Å². The van der Waals surface area contributed by atoms with Crippen LogP contribution < -0.4 is 21.7 Å². The van der Waals surface area contributed by atoms with E-state index in [0.717, 1.165) is 12.1 Å². The Morgan fingerprint density at radius 1 is 1.26 bits per heavy atom. The van der Waals surface area contributed by atoms with Crippen molar-refractivity contribution in [2.24, 2.45) is 5.73 Å². The van der Waals surface area contributed by atoms with Crippen LogP contribution in [-0.4, -0.2) is 30.8 Å². The number of nitrogens with zero attached hydrogens (tertiary/aromatic N) is 1. The van der Waals surface area contributed by atoms with E-state index in [-0.39, 0.29) is 30.0 Å². The van der Waals surface area contributed by atoms with Crippen molar-refractivity contribution in [3.8, 4) is 0 Å². The van der Waals surface area contributed by atoms with Crippen LogP contribution in [-0.2, 0) is 9.59 Å². The van der Waals surface area contributed by atoms with Gasteiger partial charge in [-0.25, -0.2) is 4.39 Å². The first-order chi connectivity index (χ1) is 8.88. The van der Waals surface area contributed by atoms with Crippen LogP contribution in [0.25, 0.3) is 0 Å². The summed E-state index contributed by atoms with van der Waals surface area (Å²) in [5.74, 6) is -2.64. The van der Waals surface area contributed by atoms with Gasteiger partial charge in [-0.05, 0) is 12.1 Å². The van der Waals surface area contributed by atoms with Gasteiger partial charge in [0.15, 0.2) is 0 Å². The maximum absolute atomic E-state index is 13.8.